The number of carbonyl (C=O) groups is 1. The highest BCUT2D eigenvalue weighted by Gasteiger charge is 2.33. The zero-order valence-electron chi connectivity index (χ0n) is 15.8. The van der Waals surface area contributed by atoms with Crippen LogP contribution in [0.3, 0.4) is 0 Å². The van der Waals surface area contributed by atoms with Gasteiger partial charge in [0.05, 0.1) is 10.6 Å². The number of halogens is 4. The molecule has 160 valence electrons. The van der Waals surface area contributed by atoms with Crippen LogP contribution >= 0.6 is 11.6 Å². The topological polar surface area (TPSA) is 63.7 Å². The number of pyridine rings is 1. The van der Waals surface area contributed by atoms with Crippen molar-refractivity contribution in [3.63, 3.8) is 0 Å². The van der Waals surface area contributed by atoms with E-state index in [1.54, 1.807) is 0 Å². The Balaban J connectivity index is 1.30. The molecule has 0 spiro atoms. The average molecular weight is 442 g/mol. The second kappa shape index (κ2) is 8.22. The van der Waals surface area contributed by atoms with Crippen LogP contribution in [0.25, 0.3) is 0 Å². The molecule has 1 saturated heterocycles. The molecule has 1 aromatic heterocycles. The molecule has 2 aliphatic rings. The van der Waals surface area contributed by atoms with E-state index in [9.17, 15) is 18.0 Å². The van der Waals surface area contributed by atoms with Crippen LogP contribution in [-0.2, 0) is 17.5 Å². The van der Waals surface area contributed by atoms with E-state index < -0.39 is 11.7 Å². The van der Waals surface area contributed by atoms with Crippen LogP contribution in [0.5, 0.6) is 11.5 Å². The summed E-state index contributed by atoms with van der Waals surface area (Å²) in [4.78, 5) is 18.2. The average Bonchev–Trinajstić information content (AvgIpc) is 3.19. The van der Waals surface area contributed by atoms with Gasteiger partial charge in [0.2, 0.25) is 12.7 Å². The third-order valence-electron chi connectivity index (χ3n) is 5.22. The van der Waals surface area contributed by atoms with Crippen molar-refractivity contribution in [3.05, 3.63) is 46.6 Å². The molecule has 3 heterocycles. The molecule has 0 atom stereocenters. The minimum atomic E-state index is -4.49. The number of aromatic nitrogens is 1. The molecule has 10 heteroatoms. The second-order valence-electron chi connectivity index (χ2n) is 7.19. The summed E-state index contributed by atoms with van der Waals surface area (Å²) < 4.78 is 48.9. The Morgan fingerprint density at radius 2 is 1.93 bits per heavy atom. The fraction of sp³-hybridized carbons (Fsp3) is 0.400. The van der Waals surface area contributed by atoms with Gasteiger partial charge in [-0.3, -0.25) is 4.79 Å². The van der Waals surface area contributed by atoms with E-state index in [-0.39, 0.29) is 23.6 Å². The van der Waals surface area contributed by atoms with Crippen molar-refractivity contribution >= 4 is 23.3 Å². The van der Waals surface area contributed by atoms with E-state index >= 15 is 0 Å². The van der Waals surface area contributed by atoms with Crippen molar-refractivity contribution in [2.45, 2.75) is 25.6 Å². The summed E-state index contributed by atoms with van der Waals surface area (Å²) in [6.45, 7) is 1.55. The number of alkyl halides is 3. The first-order valence-corrected chi connectivity index (χ1v) is 9.83. The Labute approximate surface area is 175 Å². The van der Waals surface area contributed by atoms with E-state index in [1.165, 1.54) is 0 Å². The first-order chi connectivity index (χ1) is 14.3. The smallest absolute Gasteiger partial charge is 0.417 e. The third kappa shape index (κ3) is 4.40. The molecule has 1 amide bonds. The van der Waals surface area contributed by atoms with Crippen LogP contribution in [0, 0.1) is 5.92 Å². The third-order valence-corrected chi connectivity index (χ3v) is 5.50. The first kappa shape index (κ1) is 20.6. The van der Waals surface area contributed by atoms with Gasteiger partial charge in [0.15, 0.2) is 11.5 Å². The van der Waals surface area contributed by atoms with Crippen molar-refractivity contribution in [2.75, 3.05) is 24.8 Å². The Kier molecular flexibility index (Phi) is 5.64. The van der Waals surface area contributed by atoms with Gasteiger partial charge in [-0.25, -0.2) is 4.98 Å². The van der Waals surface area contributed by atoms with Gasteiger partial charge in [-0.05, 0) is 36.6 Å². The van der Waals surface area contributed by atoms with Crippen LogP contribution in [0.2, 0.25) is 5.02 Å². The summed E-state index contributed by atoms with van der Waals surface area (Å²) in [6.07, 6.45) is -2.58. The summed E-state index contributed by atoms with van der Waals surface area (Å²) in [7, 11) is 0. The maximum atomic E-state index is 12.8. The van der Waals surface area contributed by atoms with Gasteiger partial charge in [-0.2, -0.15) is 13.2 Å². The summed E-state index contributed by atoms with van der Waals surface area (Å²) >= 11 is 6.02. The predicted octanol–water partition coefficient (Wildman–Crippen LogP) is 4.02. The lowest BCUT2D eigenvalue weighted by molar-refractivity contribution is -0.137. The van der Waals surface area contributed by atoms with Crippen molar-refractivity contribution in [3.8, 4) is 11.5 Å². The molecule has 0 radical (unpaired) electrons. The van der Waals surface area contributed by atoms with Crippen molar-refractivity contribution in [1.29, 1.82) is 0 Å². The second-order valence-corrected chi connectivity index (χ2v) is 7.60. The molecule has 2 aliphatic heterocycles. The number of piperidine rings is 1. The van der Waals surface area contributed by atoms with Gasteiger partial charge >= 0.3 is 6.18 Å². The number of carbonyl (C=O) groups excluding carboxylic acids is 1. The number of hydrogen-bond donors (Lipinski definition) is 1. The lowest BCUT2D eigenvalue weighted by Gasteiger charge is -2.32. The molecular formula is C20H19ClF3N3O3. The number of nitrogens with one attached hydrogen (secondary N) is 1. The number of ether oxygens (including phenoxy) is 2. The monoisotopic (exact) mass is 441 g/mol. The molecule has 1 N–H and O–H groups in total. The molecule has 0 saturated carbocycles. The Morgan fingerprint density at radius 1 is 1.20 bits per heavy atom. The summed E-state index contributed by atoms with van der Waals surface area (Å²) in [6, 6.07) is 6.40. The predicted molar refractivity (Wildman–Crippen MR) is 104 cm³/mol. The summed E-state index contributed by atoms with van der Waals surface area (Å²) in [5, 5.41) is 2.88. The van der Waals surface area contributed by atoms with Crippen LogP contribution < -0.4 is 19.7 Å². The van der Waals surface area contributed by atoms with E-state index in [2.05, 4.69) is 10.3 Å². The number of nitrogens with zero attached hydrogens (tertiary/aromatic N) is 2. The van der Waals surface area contributed by atoms with Crippen molar-refractivity contribution in [1.82, 2.24) is 10.3 Å². The normalized spacial score (nSPS) is 16.6. The van der Waals surface area contributed by atoms with Gasteiger partial charge in [0.25, 0.3) is 0 Å². The molecule has 2 aromatic rings. The van der Waals surface area contributed by atoms with E-state index in [4.69, 9.17) is 21.1 Å². The minimum absolute atomic E-state index is 0.0458. The standard InChI is InChI=1S/C20H19ClF3N3O3/c21-15-8-14(20(22,23)24)10-25-18(15)27-5-3-13(4-6-27)19(28)26-9-12-1-2-16-17(7-12)30-11-29-16/h1-2,7-8,10,13H,3-6,9,11H2,(H,26,28). The maximum absolute atomic E-state index is 12.8. The van der Waals surface area contributed by atoms with E-state index in [0.29, 0.717) is 49.8 Å². The van der Waals surface area contributed by atoms with Crippen molar-refractivity contribution < 1.29 is 27.4 Å². The molecule has 1 aromatic carbocycles. The lowest BCUT2D eigenvalue weighted by atomic mass is 9.95. The molecular weight excluding hydrogens is 423 g/mol. The van der Waals surface area contributed by atoms with Crippen LogP contribution in [0.4, 0.5) is 19.0 Å². The minimum Gasteiger partial charge on any atom is -0.454 e. The fourth-order valence-corrected chi connectivity index (χ4v) is 3.84. The Morgan fingerprint density at radius 3 is 2.63 bits per heavy atom. The molecule has 0 bridgehead atoms. The zero-order chi connectivity index (χ0) is 21.3. The number of benzene rings is 1. The molecule has 0 unspecified atom stereocenters. The number of rotatable bonds is 4. The molecule has 6 nitrogen and oxygen atoms in total. The summed E-state index contributed by atoms with van der Waals surface area (Å²) in [5.74, 6) is 1.43. The highest BCUT2D eigenvalue weighted by molar-refractivity contribution is 6.33. The molecule has 1 fully saturated rings. The first-order valence-electron chi connectivity index (χ1n) is 9.45. The van der Waals surface area contributed by atoms with Crippen LogP contribution in [0.15, 0.2) is 30.5 Å². The van der Waals surface area contributed by atoms with E-state index in [0.717, 1.165) is 17.8 Å². The Bertz CT molecular complexity index is 947. The largest absolute Gasteiger partial charge is 0.454 e. The molecule has 30 heavy (non-hydrogen) atoms. The molecule has 4 rings (SSSR count). The molecule has 0 aliphatic carbocycles. The van der Waals surface area contributed by atoms with Crippen molar-refractivity contribution in [2.24, 2.45) is 5.92 Å². The van der Waals surface area contributed by atoms with Crippen LogP contribution in [-0.4, -0.2) is 30.8 Å². The lowest BCUT2D eigenvalue weighted by Crippen LogP contribution is -2.40. The number of hydrogen-bond acceptors (Lipinski definition) is 5. The van der Waals surface area contributed by atoms with Gasteiger partial charge in [-0.1, -0.05) is 17.7 Å². The fourth-order valence-electron chi connectivity index (χ4n) is 3.56. The maximum Gasteiger partial charge on any atom is 0.417 e. The van der Waals surface area contributed by atoms with Gasteiger partial charge in [-0.15, -0.1) is 0 Å². The highest BCUT2D eigenvalue weighted by atomic mass is 35.5. The van der Waals surface area contributed by atoms with Gasteiger partial charge < -0.3 is 19.7 Å². The quantitative estimate of drug-likeness (QED) is 0.776. The Hall–Kier alpha value is -2.68. The SMILES string of the molecule is O=C(NCc1ccc2c(c1)OCO2)C1CCN(c2ncc(C(F)(F)F)cc2Cl)CC1. The number of anilines is 1. The highest BCUT2D eigenvalue weighted by Crippen LogP contribution is 2.35. The number of amides is 1. The number of fused-ring (bicyclic) bond motifs is 1. The summed E-state index contributed by atoms with van der Waals surface area (Å²) in [5.41, 5.74) is 0.0276. The van der Waals surface area contributed by atoms with Gasteiger partial charge in [0, 0.05) is 31.7 Å². The van der Waals surface area contributed by atoms with Gasteiger partial charge in [0.1, 0.15) is 5.82 Å². The zero-order valence-corrected chi connectivity index (χ0v) is 16.6. The van der Waals surface area contributed by atoms with E-state index in [1.807, 2.05) is 23.1 Å². The van der Waals surface area contributed by atoms with Crippen LogP contribution in [0.1, 0.15) is 24.0 Å².